The van der Waals surface area contributed by atoms with E-state index in [1.165, 1.54) is 0 Å². The molecule has 0 aromatic heterocycles. The maximum Gasteiger partial charge on any atom is 0.490 e. The molecule has 0 saturated heterocycles. The van der Waals surface area contributed by atoms with Crippen molar-refractivity contribution in [1.29, 1.82) is 0 Å². The zero-order valence-corrected chi connectivity index (χ0v) is 10.7. The van der Waals surface area contributed by atoms with Crippen LogP contribution in [-0.2, 0) is 9.53 Å². The van der Waals surface area contributed by atoms with Crippen LogP contribution < -0.4 is 0 Å². The Kier molecular flexibility index (Phi) is 2.71. The van der Waals surface area contributed by atoms with Gasteiger partial charge in [-0.3, -0.25) is 0 Å². The van der Waals surface area contributed by atoms with Gasteiger partial charge in [-0.15, -0.1) is 0 Å². The summed E-state index contributed by atoms with van der Waals surface area (Å²) in [5.41, 5.74) is -4.28. The molecule has 4 aliphatic rings. The van der Waals surface area contributed by atoms with Crippen LogP contribution in [0, 0.1) is 11.3 Å². The minimum absolute atomic E-state index is 0.00664. The Morgan fingerprint density at radius 2 is 1.60 bits per heavy atom. The molecule has 0 aliphatic heterocycles. The van der Waals surface area contributed by atoms with Crippen molar-refractivity contribution < 1.29 is 31.5 Å². The molecule has 0 amide bonds. The van der Waals surface area contributed by atoms with E-state index in [-0.39, 0.29) is 38.0 Å². The van der Waals surface area contributed by atoms with Crippen molar-refractivity contribution in [2.24, 2.45) is 11.3 Å². The minimum atomic E-state index is -5.07. The number of ether oxygens (including phenoxy) is 1. The molecule has 114 valence electrons. The van der Waals surface area contributed by atoms with E-state index in [4.69, 9.17) is 0 Å². The molecule has 0 aromatic rings. The second-order valence-corrected chi connectivity index (χ2v) is 6.88. The second-order valence-electron chi connectivity index (χ2n) is 6.88. The zero-order valence-electron chi connectivity index (χ0n) is 10.7. The lowest BCUT2D eigenvalue weighted by molar-refractivity contribution is -0.218. The third kappa shape index (κ3) is 2.29. The van der Waals surface area contributed by atoms with Gasteiger partial charge in [-0.05, 0) is 38.0 Å². The second kappa shape index (κ2) is 3.85. The van der Waals surface area contributed by atoms with Crippen molar-refractivity contribution in [3.63, 3.8) is 0 Å². The molecule has 2 atom stereocenters. The first-order chi connectivity index (χ1) is 9.03. The summed E-state index contributed by atoms with van der Waals surface area (Å²) in [5, 5.41) is 0. The highest BCUT2D eigenvalue weighted by Crippen LogP contribution is 2.65. The van der Waals surface area contributed by atoms with E-state index in [2.05, 4.69) is 4.74 Å². The van der Waals surface area contributed by atoms with Crippen LogP contribution >= 0.6 is 0 Å². The number of alkyl halides is 5. The fourth-order valence-corrected chi connectivity index (χ4v) is 4.86. The van der Waals surface area contributed by atoms with Crippen LogP contribution in [0.15, 0.2) is 0 Å². The average Bonchev–Trinajstić information content (AvgIpc) is 2.19. The average molecular weight is 298 g/mol. The summed E-state index contributed by atoms with van der Waals surface area (Å²) in [5.74, 6) is -2.44. The van der Waals surface area contributed by atoms with Gasteiger partial charge in [-0.1, -0.05) is 0 Å². The number of rotatable bonds is 2. The van der Waals surface area contributed by atoms with E-state index in [0.29, 0.717) is 6.42 Å². The molecule has 4 aliphatic carbocycles. The highest BCUT2D eigenvalue weighted by atomic mass is 19.4. The number of esters is 1. The first-order valence-electron chi connectivity index (χ1n) is 6.65. The number of halogens is 5. The van der Waals surface area contributed by atoms with E-state index in [9.17, 15) is 26.7 Å². The maximum absolute atomic E-state index is 14.5. The smallest absolute Gasteiger partial charge is 0.458 e. The molecule has 0 radical (unpaired) electrons. The lowest BCUT2D eigenvalue weighted by Gasteiger charge is -2.60. The lowest BCUT2D eigenvalue weighted by atomic mass is 9.47. The van der Waals surface area contributed by atoms with Crippen molar-refractivity contribution in [3.05, 3.63) is 0 Å². The van der Waals surface area contributed by atoms with Crippen molar-refractivity contribution >= 4 is 5.97 Å². The molecular weight excluding hydrogens is 283 g/mol. The number of carbonyl (C=O) groups excluding carboxylic acids is 1. The largest absolute Gasteiger partial charge is 0.490 e. The molecule has 0 N–H and O–H groups in total. The van der Waals surface area contributed by atoms with Crippen molar-refractivity contribution in [2.45, 2.75) is 56.0 Å². The molecule has 0 aromatic carbocycles. The van der Waals surface area contributed by atoms with Crippen LogP contribution in [0.1, 0.15) is 38.5 Å². The Morgan fingerprint density at radius 1 is 1.05 bits per heavy atom. The monoisotopic (exact) mass is 298 g/mol. The SMILES string of the molecule is O=C(OCC12CC3CC(F)(CC(F)(C3)C1)C2)C(F)(F)F. The highest BCUT2D eigenvalue weighted by molar-refractivity contribution is 5.75. The van der Waals surface area contributed by atoms with Crippen molar-refractivity contribution in [3.8, 4) is 0 Å². The number of hydrogen-bond acceptors (Lipinski definition) is 2. The standard InChI is InChI=1S/C13H15F5O2/c14-11-2-8-1-10(4-11,5-12(15,3-8)6-11)7-20-9(19)13(16,17)18/h8H,1-7H2. The highest BCUT2D eigenvalue weighted by Gasteiger charge is 2.65. The molecule has 4 bridgehead atoms. The van der Waals surface area contributed by atoms with Gasteiger partial charge in [0, 0.05) is 11.8 Å². The zero-order chi connectivity index (χ0) is 14.8. The Balaban J connectivity index is 1.75. The molecule has 4 rings (SSSR count). The Labute approximate surface area is 112 Å². The first-order valence-corrected chi connectivity index (χ1v) is 6.65. The Morgan fingerprint density at radius 3 is 2.05 bits per heavy atom. The van der Waals surface area contributed by atoms with Gasteiger partial charge >= 0.3 is 12.1 Å². The van der Waals surface area contributed by atoms with Crippen molar-refractivity contribution in [1.82, 2.24) is 0 Å². The fourth-order valence-electron chi connectivity index (χ4n) is 4.86. The summed E-state index contributed by atoms with van der Waals surface area (Å²) in [7, 11) is 0. The fraction of sp³-hybridized carbons (Fsp3) is 0.923. The van der Waals surface area contributed by atoms with E-state index < -0.39 is 35.5 Å². The molecule has 20 heavy (non-hydrogen) atoms. The van der Waals surface area contributed by atoms with E-state index in [0.717, 1.165) is 0 Å². The summed E-state index contributed by atoms with van der Waals surface area (Å²) < 4.78 is 69.8. The van der Waals surface area contributed by atoms with Gasteiger partial charge in [0.05, 0.1) is 6.61 Å². The third-order valence-corrected chi connectivity index (χ3v) is 4.79. The number of hydrogen-bond donors (Lipinski definition) is 0. The molecule has 2 unspecified atom stereocenters. The van der Waals surface area contributed by atoms with Gasteiger partial charge in [0.25, 0.3) is 0 Å². The summed E-state index contributed by atoms with van der Waals surface area (Å²) in [6.45, 7) is -0.542. The summed E-state index contributed by atoms with van der Waals surface area (Å²) in [6, 6.07) is 0. The normalized spacial score (nSPS) is 46.5. The van der Waals surface area contributed by atoms with Crippen molar-refractivity contribution in [2.75, 3.05) is 6.61 Å². The molecule has 7 heteroatoms. The Hall–Kier alpha value is -0.880. The summed E-state index contributed by atoms with van der Waals surface area (Å²) >= 11 is 0. The van der Waals surface area contributed by atoms with Gasteiger partial charge in [-0.2, -0.15) is 13.2 Å². The predicted octanol–water partition coefficient (Wildman–Crippen LogP) is 3.49. The topological polar surface area (TPSA) is 26.3 Å². The van der Waals surface area contributed by atoms with Crippen LogP contribution in [0.3, 0.4) is 0 Å². The maximum atomic E-state index is 14.5. The van der Waals surface area contributed by atoms with Gasteiger partial charge in [0.2, 0.25) is 0 Å². The summed E-state index contributed by atoms with van der Waals surface area (Å²) in [4.78, 5) is 10.8. The van der Waals surface area contributed by atoms with E-state index >= 15 is 0 Å². The molecular formula is C13H15F5O2. The van der Waals surface area contributed by atoms with Gasteiger partial charge in [-0.25, -0.2) is 13.6 Å². The van der Waals surface area contributed by atoms with Crippen LogP contribution in [-0.4, -0.2) is 30.1 Å². The minimum Gasteiger partial charge on any atom is -0.458 e. The van der Waals surface area contributed by atoms with E-state index in [1.54, 1.807) is 0 Å². The van der Waals surface area contributed by atoms with Crippen LogP contribution in [0.5, 0.6) is 0 Å². The first kappa shape index (κ1) is 14.1. The summed E-state index contributed by atoms with van der Waals surface area (Å²) in [6.07, 6.45) is -4.27. The van der Waals surface area contributed by atoms with E-state index in [1.807, 2.05) is 0 Å². The van der Waals surface area contributed by atoms with Crippen LogP contribution in [0.25, 0.3) is 0 Å². The van der Waals surface area contributed by atoms with Crippen LogP contribution in [0.2, 0.25) is 0 Å². The van der Waals surface area contributed by atoms with Crippen LogP contribution in [0.4, 0.5) is 22.0 Å². The van der Waals surface area contributed by atoms with Gasteiger partial charge in [0.1, 0.15) is 11.3 Å². The predicted molar refractivity (Wildman–Crippen MR) is 58.3 cm³/mol. The number of carbonyl (C=O) groups is 1. The quantitative estimate of drug-likeness (QED) is 0.576. The van der Waals surface area contributed by atoms with Gasteiger partial charge < -0.3 is 4.74 Å². The molecule has 4 fully saturated rings. The third-order valence-electron chi connectivity index (χ3n) is 4.79. The molecule has 0 spiro atoms. The molecule has 4 saturated carbocycles. The lowest BCUT2D eigenvalue weighted by Crippen LogP contribution is -2.61. The molecule has 0 heterocycles. The Bertz CT molecular complexity index is 429. The molecule has 2 nitrogen and oxygen atoms in total. The van der Waals surface area contributed by atoms with Gasteiger partial charge in [0.15, 0.2) is 0 Å².